The largest absolute Gasteiger partial charge is 0.376 e. The summed E-state index contributed by atoms with van der Waals surface area (Å²) in [7, 11) is 0. The molecule has 0 spiro atoms. The SMILES string of the molecule is O=C(NCC1CCCCO1)c1cc(S)ccc1Br. The highest BCUT2D eigenvalue weighted by molar-refractivity contribution is 9.10. The molecule has 1 N–H and O–H groups in total. The summed E-state index contributed by atoms with van der Waals surface area (Å²) in [5.74, 6) is -0.0908. The predicted octanol–water partition coefficient (Wildman–Crippen LogP) is 3.04. The number of carbonyl (C=O) groups excluding carboxylic acids is 1. The van der Waals surface area contributed by atoms with Gasteiger partial charge in [-0.2, -0.15) is 0 Å². The Bertz CT molecular complexity index is 433. The highest BCUT2D eigenvalue weighted by Gasteiger charge is 2.16. The molecular weight excluding hydrogens is 314 g/mol. The van der Waals surface area contributed by atoms with Crippen molar-refractivity contribution in [2.45, 2.75) is 30.3 Å². The zero-order valence-corrected chi connectivity index (χ0v) is 12.5. The molecule has 1 amide bonds. The Hall–Kier alpha value is -0.520. The number of nitrogens with one attached hydrogen (secondary N) is 1. The quantitative estimate of drug-likeness (QED) is 0.836. The minimum atomic E-state index is -0.0908. The Morgan fingerprint density at radius 1 is 1.50 bits per heavy atom. The van der Waals surface area contributed by atoms with Crippen molar-refractivity contribution in [3.8, 4) is 0 Å². The number of benzene rings is 1. The van der Waals surface area contributed by atoms with Crippen LogP contribution in [0.25, 0.3) is 0 Å². The summed E-state index contributed by atoms with van der Waals surface area (Å²) in [4.78, 5) is 12.8. The second-order valence-corrected chi connectivity index (χ2v) is 5.73. The Morgan fingerprint density at radius 2 is 2.33 bits per heavy atom. The Kier molecular flexibility index (Phi) is 5.09. The summed E-state index contributed by atoms with van der Waals surface area (Å²) in [6.07, 6.45) is 3.47. The summed E-state index contributed by atoms with van der Waals surface area (Å²) < 4.78 is 6.36. The van der Waals surface area contributed by atoms with Crippen LogP contribution in [0.4, 0.5) is 0 Å². The van der Waals surface area contributed by atoms with Gasteiger partial charge in [-0.1, -0.05) is 0 Å². The smallest absolute Gasteiger partial charge is 0.252 e. The van der Waals surface area contributed by atoms with E-state index >= 15 is 0 Å². The van der Waals surface area contributed by atoms with Gasteiger partial charge in [0.05, 0.1) is 11.7 Å². The predicted molar refractivity (Wildman–Crippen MR) is 77.3 cm³/mol. The third kappa shape index (κ3) is 3.73. The molecule has 0 radical (unpaired) electrons. The second-order valence-electron chi connectivity index (χ2n) is 4.36. The van der Waals surface area contributed by atoms with Crippen molar-refractivity contribution in [1.29, 1.82) is 0 Å². The van der Waals surface area contributed by atoms with E-state index in [9.17, 15) is 4.79 Å². The van der Waals surface area contributed by atoms with Gasteiger partial charge < -0.3 is 10.1 Å². The highest BCUT2D eigenvalue weighted by Crippen LogP contribution is 2.20. The summed E-state index contributed by atoms with van der Waals surface area (Å²) in [6, 6.07) is 5.42. The molecule has 0 aliphatic carbocycles. The van der Waals surface area contributed by atoms with Crippen LogP contribution in [0.2, 0.25) is 0 Å². The number of ether oxygens (including phenoxy) is 1. The minimum absolute atomic E-state index is 0.0908. The van der Waals surface area contributed by atoms with Crippen LogP contribution >= 0.6 is 28.6 Å². The zero-order chi connectivity index (χ0) is 13.0. The summed E-state index contributed by atoms with van der Waals surface area (Å²) >= 11 is 7.61. The van der Waals surface area contributed by atoms with E-state index in [0.29, 0.717) is 12.1 Å². The number of halogens is 1. The fourth-order valence-electron chi connectivity index (χ4n) is 1.96. The number of carbonyl (C=O) groups is 1. The van der Waals surface area contributed by atoms with E-state index in [0.717, 1.165) is 28.8 Å². The van der Waals surface area contributed by atoms with Gasteiger partial charge in [0.2, 0.25) is 0 Å². The van der Waals surface area contributed by atoms with Crippen molar-refractivity contribution in [1.82, 2.24) is 5.32 Å². The number of hydrogen-bond donors (Lipinski definition) is 2. The first-order valence-corrected chi connectivity index (χ1v) is 7.29. The summed E-state index contributed by atoms with van der Waals surface area (Å²) in [6.45, 7) is 1.37. The molecule has 1 unspecified atom stereocenters. The Labute approximate surface area is 121 Å². The molecule has 1 aromatic rings. The lowest BCUT2D eigenvalue weighted by Crippen LogP contribution is -2.35. The fraction of sp³-hybridized carbons (Fsp3) is 0.462. The van der Waals surface area contributed by atoms with Gasteiger partial charge >= 0.3 is 0 Å². The average Bonchev–Trinajstić information content (AvgIpc) is 2.40. The molecule has 18 heavy (non-hydrogen) atoms. The van der Waals surface area contributed by atoms with Crippen molar-refractivity contribution in [2.75, 3.05) is 13.2 Å². The summed E-state index contributed by atoms with van der Waals surface area (Å²) in [5.41, 5.74) is 0.610. The van der Waals surface area contributed by atoms with Crippen LogP contribution in [-0.2, 0) is 4.74 Å². The molecule has 5 heteroatoms. The number of thiol groups is 1. The maximum absolute atomic E-state index is 12.0. The molecule has 1 aliphatic rings. The van der Waals surface area contributed by atoms with Crippen LogP contribution in [0.1, 0.15) is 29.6 Å². The lowest BCUT2D eigenvalue weighted by atomic mass is 10.1. The van der Waals surface area contributed by atoms with Gasteiger partial charge in [0.25, 0.3) is 5.91 Å². The van der Waals surface area contributed by atoms with Crippen molar-refractivity contribution >= 4 is 34.5 Å². The van der Waals surface area contributed by atoms with Crippen molar-refractivity contribution in [3.05, 3.63) is 28.2 Å². The van der Waals surface area contributed by atoms with E-state index in [-0.39, 0.29) is 12.0 Å². The van der Waals surface area contributed by atoms with Crippen LogP contribution in [0.3, 0.4) is 0 Å². The van der Waals surface area contributed by atoms with Gasteiger partial charge in [-0.15, -0.1) is 12.6 Å². The van der Waals surface area contributed by atoms with Gasteiger partial charge in [0.1, 0.15) is 0 Å². The minimum Gasteiger partial charge on any atom is -0.376 e. The standard InChI is InChI=1S/C13H16BrNO2S/c14-12-5-4-10(18)7-11(12)13(16)15-8-9-3-1-2-6-17-9/h4-5,7,9,18H,1-3,6,8H2,(H,15,16). The van der Waals surface area contributed by atoms with Crippen LogP contribution < -0.4 is 5.32 Å². The van der Waals surface area contributed by atoms with E-state index in [1.807, 2.05) is 12.1 Å². The Morgan fingerprint density at radius 3 is 3.06 bits per heavy atom. The molecule has 0 aromatic heterocycles. The normalized spacial score (nSPS) is 19.6. The van der Waals surface area contributed by atoms with Crippen LogP contribution in [0.15, 0.2) is 27.6 Å². The topological polar surface area (TPSA) is 38.3 Å². The number of rotatable bonds is 3. The monoisotopic (exact) mass is 329 g/mol. The van der Waals surface area contributed by atoms with E-state index in [4.69, 9.17) is 4.74 Å². The zero-order valence-electron chi connectivity index (χ0n) is 9.99. The van der Waals surface area contributed by atoms with E-state index in [2.05, 4.69) is 33.9 Å². The first-order chi connectivity index (χ1) is 8.66. The van der Waals surface area contributed by atoms with Crippen LogP contribution in [-0.4, -0.2) is 25.2 Å². The molecule has 2 rings (SSSR count). The van der Waals surface area contributed by atoms with Gasteiger partial charge in [-0.05, 0) is 53.4 Å². The second kappa shape index (κ2) is 6.59. The first kappa shape index (κ1) is 13.9. The molecule has 1 aromatic carbocycles. The molecular formula is C13H16BrNO2S. The maximum Gasteiger partial charge on any atom is 0.252 e. The molecule has 0 saturated carbocycles. The number of hydrogen-bond acceptors (Lipinski definition) is 3. The molecule has 1 saturated heterocycles. The third-order valence-electron chi connectivity index (χ3n) is 2.96. The fourth-order valence-corrected chi connectivity index (χ4v) is 2.59. The van der Waals surface area contributed by atoms with Gasteiger partial charge in [0.15, 0.2) is 0 Å². The lowest BCUT2D eigenvalue weighted by Gasteiger charge is -2.22. The molecule has 1 fully saturated rings. The van der Waals surface area contributed by atoms with E-state index in [1.54, 1.807) is 6.07 Å². The van der Waals surface area contributed by atoms with Gasteiger partial charge in [-0.3, -0.25) is 4.79 Å². The first-order valence-electron chi connectivity index (χ1n) is 6.05. The van der Waals surface area contributed by atoms with Gasteiger partial charge in [0, 0.05) is 22.5 Å². The maximum atomic E-state index is 12.0. The molecule has 0 bridgehead atoms. The van der Waals surface area contributed by atoms with Crippen LogP contribution in [0, 0.1) is 0 Å². The van der Waals surface area contributed by atoms with E-state index in [1.165, 1.54) is 6.42 Å². The van der Waals surface area contributed by atoms with Gasteiger partial charge in [-0.25, -0.2) is 0 Å². The molecule has 98 valence electrons. The Balaban J connectivity index is 1.92. The molecule has 1 aliphatic heterocycles. The van der Waals surface area contributed by atoms with Crippen molar-refractivity contribution in [2.24, 2.45) is 0 Å². The lowest BCUT2D eigenvalue weighted by molar-refractivity contribution is 0.0169. The van der Waals surface area contributed by atoms with Crippen molar-refractivity contribution < 1.29 is 9.53 Å². The molecule has 3 nitrogen and oxygen atoms in total. The third-order valence-corrected chi connectivity index (χ3v) is 3.93. The van der Waals surface area contributed by atoms with E-state index < -0.39 is 0 Å². The molecule has 1 heterocycles. The highest BCUT2D eigenvalue weighted by atomic mass is 79.9. The van der Waals surface area contributed by atoms with Crippen LogP contribution in [0.5, 0.6) is 0 Å². The molecule has 1 atom stereocenters. The summed E-state index contributed by atoms with van der Waals surface area (Å²) in [5, 5.41) is 2.91. The van der Waals surface area contributed by atoms with Crippen molar-refractivity contribution in [3.63, 3.8) is 0 Å². The average molecular weight is 330 g/mol. The number of amides is 1.